The lowest BCUT2D eigenvalue weighted by atomic mass is 9.54. The van der Waals surface area contributed by atoms with Crippen molar-refractivity contribution in [3.05, 3.63) is 58.2 Å². The van der Waals surface area contributed by atoms with Crippen molar-refractivity contribution in [1.82, 2.24) is 0 Å². The molecule has 34 heavy (non-hydrogen) atoms. The molecule has 2 fully saturated rings. The van der Waals surface area contributed by atoms with Gasteiger partial charge in [0.1, 0.15) is 6.29 Å². The van der Waals surface area contributed by atoms with E-state index in [-0.39, 0.29) is 18.6 Å². The van der Waals surface area contributed by atoms with Crippen molar-refractivity contribution in [3.63, 3.8) is 0 Å². The van der Waals surface area contributed by atoms with Gasteiger partial charge in [-0.25, -0.2) is 0 Å². The number of aldehydes is 1. The van der Waals surface area contributed by atoms with Crippen LogP contribution >= 0.6 is 0 Å². The molecule has 1 aliphatic heterocycles. The van der Waals surface area contributed by atoms with Crippen LogP contribution in [0.5, 0.6) is 0 Å². The molecule has 2 N–H and O–H groups in total. The molecule has 0 aromatic rings. The molecule has 0 aromatic carbocycles. The maximum atomic E-state index is 11.6. The highest BCUT2D eigenvalue weighted by atomic mass is 16.5. The molecule has 2 rings (SSSR count). The van der Waals surface area contributed by atoms with Gasteiger partial charge in [-0.05, 0) is 98.0 Å². The fourth-order valence-electron chi connectivity index (χ4n) is 5.65. The van der Waals surface area contributed by atoms with E-state index in [0.717, 1.165) is 48.7 Å². The van der Waals surface area contributed by atoms with E-state index in [9.17, 15) is 15.0 Å². The molecule has 0 amide bonds. The van der Waals surface area contributed by atoms with Crippen LogP contribution in [0.3, 0.4) is 0 Å². The van der Waals surface area contributed by atoms with Gasteiger partial charge in [-0.1, -0.05) is 52.7 Å². The number of ether oxygens (including phenoxy) is 1. The average molecular weight is 471 g/mol. The predicted octanol–water partition coefficient (Wildman–Crippen LogP) is 6.41. The van der Waals surface area contributed by atoms with Gasteiger partial charge >= 0.3 is 0 Å². The zero-order valence-corrected chi connectivity index (χ0v) is 22.2. The largest absolute Gasteiger partial charge is 0.396 e. The van der Waals surface area contributed by atoms with Gasteiger partial charge in [0.05, 0.1) is 18.3 Å². The Labute approximate surface area is 207 Å². The van der Waals surface area contributed by atoms with Crippen LogP contribution in [0.15, 0.2) is 58.2 Å². The van der Waals surface area contributed by atoms with E-state index in [1.54, 1.807) is 0 Å². The average Bonchev–Trinajstić information content (AvgIpc) is 3.19. The summed E-state index contributed by atoms with van der Waals surface area (Å²) in [6.45, 7) is 12.9. The lowest BCUT2D eigenvalue weighted by molar-refractivity contribution is -0.121. The number of aliphatic hydroxyl groups is 2. The maximum absolute atomic E-state index is 11.6. The van der Waals surface area contributed by atoms with Gasteiger partial charge in [-0.3, -0.25) is 4.79 Å². The Morgan fingerprint density at radius 2 is 1.94 bits per heavy atom. The second-order valence-electron chi connectivity index (χ2n) is 10.8. The van der Waals surface area contributed by atoms with Gasteiger partial charge in [0.15, 0.2) is 0 Å². The highest BCUT2D eigenvalue weighted by Gasteiger charge is 2.59. The van der Waals surface area contributed by atoms with Crippen molar-refractivity contribution in [3.8, 4) is 0 Å². The minimum absolute atomic E-state index is 0.0363. The maximum Gasteiger partial charge on any atom is 0.145 e. The monoisotopic (exact) mass is 470 g/mol. The highest BCUT2D eigenvalue weighted by Crippen LogP contribution is 2.58. The minimum Gasteiger partial charge on any atom is -0.396 e. The van der Waals surface area contributed by atoms with Crippen LogP contribution in [-0.2, 0) is 9.53 Å². The molecule has 1 spiro atoms. The van der Waals surface area contributed by atoms with Gasteiger partial charge in [-0.15, -0.1) is 0 Å². The van der Waals surface area contributed by atoms with E-state index in [4.69, 9.17) is 4.74 Å². The van der Waals surface area contributed by atoms with Crippen LogP contribution in [0.25, 0.3) is 0 Å². The van der Waals surface area contributed by atoms with Crippen LogP contribution in [0.1, 0.15) is 86.5 Å². The molecule has 1 aliphatic carbocycles. The number of hydrogen-bond donors (Lipinski definition) is 2. The Kier molecular flexibility index (Phi) is 10.7. The number of carbonyl (C=O) groups is 1. The zero-order valence-electron chi connectivity index (χ0n) is 22.2. The van der Waals surface area contributed by atoms with E-state index < -0.39 is 11.0 Å². The van der Waals surface area contributed by atoms with E-state index in [2.05, 4.69) is 58.1 Å². The molecule has 4 heteroatoms. The second kappa shape index (κ2) is 12.8. The summed E-state index contributed by atoms with van der Waals surface area (Å²) in [7, 11) is 0. The number of rotatable bonds is 10. The zero-order chi connectivity index (χ0) is 25.4. The lowest BCUT2D eigenvalue weighted by Crippen LogP contribution is -2.55. The van der Waals surface area contributed by atoms with E-state index in [0.29, 0.717) is 25.9 Å². The number of carbonyl (C=O) groups excluding carboxylic acids is 1. The quantitative estimate of drug-likeness (QED) is 0.168. The van der Waals surface area contributed by atoms with Crippen molar-refractivity contribution in [2.24, 2.45) is 11.3 Å². The summed E-state index contributed by atoms with van der Waals surface area (Å²) in [5.41, 5.74) is 4.42. The molecule has 1 saturated heterocycles. The standard InChI is InChI=1S/C30H46O4/c1-22(2)10-7-11-23(3)12-8-13-24(4)18-26-19-30(21-34-26)28(14-9-17-31)27(25(5)20-32)15-16-29(30,6)33/h8,10,12-13,18,20,26,28,31,33H,7,9,11,14-17,19,21H2,1-6H3/b13-8+,23-12+,24-18+,27-25-/t26-,28+,29-,30+/m0/s1. The molecular formula is C30H46O4. The van der Waals surface area contributed by atoms with E-state index in [1.165, 1.54) is 11.1 Å². The van der Waals surface area contributed by atoms with Crippen LogP contribution in [0.2, 0.25) is 0 Å². The van der Waals surface area contributed by atoms with Crippen LogP contribution in [-0.4, -0.2) is 41.4 Å². The molecule has 0 aromatic heterocycles. The Hall–Kier alpha value is -1.75. The second-order valence-corrected chi connectivity index (χ2v) is 10.8. The topological polar surface area (TPSA) is 66.8 Å². The van der Waals surface area contributed by atoms with Crippen LogP contribution < -0.4 is 0 Å². The number of hydrogen-bond acceptors (Lipinski definition) is 4. The summed E-state index contributed by atoms with van der Waals surface area (Å²) in [6, 6.07) is 0. The summed E-state index contributed by atoms with van der Waals surface area (Å²) < 4.78 is 6.26. The summed E-state index contributed by atoms with van der Waals surface area (Å²) in [5.74, 6) is 0.0363. The van der Waals surface area contributed by atoms with Gasteiger partial charge in [-0.2, -0.15) is 0 Å². The third kappa shape index (κ3) is 7.13. The number of aliphatic hydroxyl groups excluding tert-OH is 1. The molecule has 0 unspecified atom stereocenters. The van der Waals surface area contributed by atoms with E-state index >= 15 is 0 Å². The Morgan fingerprint density at radius 3 is 2.59 bits per heavy atom. The molecule has 0 bridgehead atoms. The summed E-state index contributed by atoms with van der Waals surface area (Å²) >= 11 is 0. The molecule has 190 valence electrons. The fraction of sp³-hybridized carbons (Fsp3) is 0.633. The lowest BCUT2D eigenvalue weighted by Gasteiger charge is -2.52. The SMILES string of the molecule is CC(C)=CCC/C(C)=C/C=C/C(C)=C/[C@H]1C[C@@]2(CO1)[C@H](CCCO)/C(=C(/C)C=O)CC[C@]2(C)O. The first-order valence-electron chi connectivity index (χ1n) is 12.8. The minimum atomic E-state index is -0.878. The molecule has 4 atom stereocenters. The normalized spacial score (nSPS) is 31.9. The van der Waals surface area contributed by atoms with Gasteiger partial charge in [0.25, 0.3) is 0 Å². The van der Waals surface area contributed by atoms with Crippen LogP contribution in [0, 0.1) is 11.3 Å². The molecule has 4 nitrogen and oxygen atoms in total. The smallest absolute Gasteiger partial charge is 0.145 e. The summed E-state index contributed by atoms with van der Waals surface area (Å²) in [6.07, 6.45) is 17.3. The van der Waals surface area contributed by atoms with Crippen molar-refractivity contribution >= 4 is 6.29 Å². The Morgan fingerprint density at radius 1 is 1.21 bits per heavy atom. The first-order valence-corrected chi connectivity index (χ1v) is 12.8. The first kappa shape index (κ1) is 28.5. The Bertz CT molecular complexity index is 851. The molecule has 1 heterocycles. The molecule has 1 saturated carbocycles. The number of allylic oxidation sites excluding steroid dienone is 9. The molecule has 2 aliphatic rings. The van der Waals surface area contributed by atoms with Crippen LogP contribution in [0.4, 0.5) is 0 Å². The summed E-state index contributed by atoms with van der Waals surface area (Å²) in [4.78, 5) is 11.6. The van der Waals surface area contributed by atoms with Crippen molar-refractivity contribution in [1.29, 1.82) is 0 Å². The van der Waals surface area contributed by atoms with Crippen molar-refractivity contribution in [2.45, 2.75) is 98.2 Å². The first-order chi connectivity index (χ1) is 16.1. The van der Waals surface area contributed by atoms with E-state index in [1.807, 2.05) is 13.8 Å². The van der Waals surface area contributed by atoms with Gasteiger partial charge < -0.3 is 14.9 Å². The third-order valence-electron chi connectivity index (χ3n) is 7.78. The molecule has 0 radical (unpaired) electrons. The van der Waals surface area contributed by atoms with Gasteiger partial charge in [0.2, 0.25) is 0 Å². The highest BCUT2D eigenvalue weighted by molar-refractivity contribution is 5.74. The van der Waals surface area contributed by atoms with Crippen molar-refractivity contribution in [2.75, 3.05) is 13.2 Å². The van der Waals surface area contributed by atoms with Gasteiger partial charge in [0, 0.05) is 12.0 Å². The summed E-state index contributed by atoms with van der Waals surface area (Å²) in [5, 5.41) is 21.0. The third-order valence-corrected chi connectivity index (χ3v) is 7.78. The predicted molar refractivity (Wildman–Crippen MR) is 141 cm³/mol. The van der Waals surface area contributed by atoms with Crippen molar-refractivity contribution < 1.29 is 19.7 Å². The Balaban J connectivity index is 2.19. The fourth-order valence-corrected chi connectivity index (χ4v) is 5.65. The molecular weight excluding hydrogens is 424 g/mol.